The number of hydrogen-bond acceptors (Lipinski definition) is 8. The Balaban J connectivity index is 0.00000128. The molecule has 2 N–H and O–H groups in total. The molecule has 0 radical (unpaired) electrons. The van der Waals surface area contributed by atoms with Crippen molar-refractivity contribution in [3.63, 3.8) is 0 Å². The molecule has 0 aliphatic heterocycles. The fourth-order valence-corrected chi connectivity index (χ4v) is 20.8. The van der Waals surface area contributed by atoms with E-state index in [0.717, 1.165) is 67.4 Å². The number of H-pyrrole nitrogens is 2. The van der Waals surface area contributed by atoms with Crippen LogP contribution in [0.4, 0.5) is 0 Å². The van der Waals surface area contributed by atoms with Crippen molar-refractivity contribution in [3.8, 4) is 0 Å². The van der Waals surface area contributed by atoms with E-state index >= 15 is 0 Å². The van der Waals surface area contributed by atoms with E-state index < -0.39 is 34.2 Å². The van der Waals surface area contributed by atoms with Gasteiger partial charge in [0, 0.05) is 107 Å². The molecule has 6 aromatic rings. The Morgan fingerprint density at radius 3 is 0.833 bits per heavy atom. The van der Waals surface area contributed by atoms with E-state index in [0.29, 0.717) is 52.9 Å². The van der Waals surface area contributed by atoms with Gasteiger partial charge in [-0.25, -0.2) is 19.6 Å². The Labute approximate surface area is 506 Å². The summed E-state index contributed by atoms with van der Waals surface area (Å²) in [4.78, 5) is 7.11. The first-order valence-corrected chi connectivity index (χ1v) is 32.6. The Kier molecular flexibility index (Phi) is 32.6. The summed E-state index contributed by atoms with van der Waals surface area (Å²) in [7, 11) is -10.5. The molecule has 0 fully saturated rings. The molecule has 384 valence electrons. The number of aromatic amines is 2. The molecule has 0 aliphatic carbocycles. The molecule has 0 saturated carbocycles. The van der Waals surface area contributed by atoms with E-state index in [4.69, 9.17) is 35.4 Å². The number of nitrogens with one attached hydrogen (secondary N) is 2. The van der Waals surface area contributed by atoms with Crippen LogP contribution in [0.3, 0.4) is 0 Å². The summed E-state index contributed by atoms with van der Waals surface area (Å²) in [5.41, 5.74) is 4.35. The second kappa shape index (κ2) is 34.3. The predicted molar refractivity (Wildman–Crippen MR) is 309 cm³/mol. The van der Waals surface area contributed by atoms with Crippen LogP contribution in [0.25, 0.3) is 43.6 Å². The number of halogens is 1. The summed E-state index contributed by atoms with van der Waals surface area (Å²) in [6.45, 7) is 43.0. The molecule has 0 atom stereocenters. The van der Waals surface area contributed by atoms with Crippen LogP contribution in [0.15, 0.2) is 136 Å². The van der Waals surface area contributed by atoms with Crippen molar-refractivity contribution < 1.29 is 105 Å². The van der Waals surface area contributed by atoms with Crippen molar-refractivity contribution in [1.29, 1.82) is 0 Å². The molecule has 2 aromatic heterocycles. The first kappa shape index (κ1) is 68.5. The number of benzene rings is 4. The molecule has 0 bridgehead atoms. The molecule has 0 unspecified atom stereocenters. The largest absolute Gasteiger partial charge is 2.00 e. The number of allylic oxidation sites excluding steroid dienone is 5. The van der Waals surface area contributed by atoms with Crippen LogP contribution in [-0.2, 0) is 35.4 Å². The van der Waals surface area contributed by atoms with Crippen LogP contribution in [0.1, 0.15) is 56.8 Å². The maximum absolute atomic E-state index is 6.46. The Morgan fingerprint density at radius 2 is 0.625 bits per heavy atom. The molecule has 0 amide bonds. The number of rotatable bonds is 28. The topological polar surface area (TPSA) is 105 Å². The van der Waals surface area contributed by atoms with Crippen molar-refractivity contribution in [2.45, 2.75) is 79.6 Å². The van der Waals surface area contributed by atoms with E-state index in [1.165, 1.54) is 27.2 Å². The molecule has 0 aliphatic rings. The summed E-state index contributed by atoms with van der Waals surface area (Å²) in [5, 5.41) is 9.09. The normalized spacial score (nSPS) is 11.6. The zero-order chi connectivity index (χ0) is 50.5. The fourth-order valence-electron chi connectivity index (χ4n) is 9.16. The number of fused-ring (bicyclic) bond motifs is 6. The van der Waals surface area contributed by atoms with E-state index in [1.807, 2.05) is 78.0 Å². The summed E-state index contributed by atoms with van der Waals surface area (Å²) in [6, 6.07) is 29.5. The average Bonchev–Trinajstić information content (AvgIpc) is 3.90. The van der Waals surface area contributed by atoms with Gasteiger partial charge >= 0.3 is 92.0 Å². The third kappa shape index (κ3) is 16.3. The fraction of sp³-hybridized carbons (Fsp3) is 0.364. The number of hydrogen-bond donors (Lipinski definition) is 2. The van der Waals surface area contributed by atoms with Crippen LogP contribution in [0.2, 0.25) is 24.2 Å². The van der Waals surface area contributed by atoms with Gasteiger partial charge in [0.2, 0.25) is 16.6 Å². The second-order valence-corrected chi connectivity index (χ2v) is 28.6. The van der Waals surface area contributed by atoms with Crippen LogP contribution >= 0.6 is 0 Å². The monoisotopic (exact) mass is 1150 g/mol. The molecular weight excluding hydrogens is 1070 g/mol. The van der Waals surface area contributed by atoms with Crippen LogP contribution in [-0.4, -0.2) is 120 Å². The van der Waals surface area contributed by atoms with Crippen molar-refractivity contribution in [1.82, 2.24) is 9.97 Å². The third-order valence-electron chi connectivity index (χ3n) is 11.7. The van der Waals surface area contributed by atoms with Gasteiger partial charge < -0.3 is 63.8 Å². The quantitative estimate of drug-likeness (QED) is 0.0402. The Bertz CT molecular complexity index is 2400. The van der Waals surface area contributed by atoms with Crippen LogP contribution in [0, 0.1) is 6.92 Å². The Morgan fingerprint density at radius 1 is 0.417 bits per heavy atom. The van der Waals surface area contributed by atoms with E-state index in [-0.39, 0.29) is 92.8 Å². The van der Waals surface area contributed by atoms with E-state index in [2.05, 4.69) is 124 Å². The van der Waals surface area contributed by atoms with E-state index in [1.54, 1.807) is 0 Å². The second-order valence-electron chi connectivity index (χ2n) is 16.1. The molecule has 0 spiro atoms. The van der Waals surface area contributed by atoms with Gasteiger partial charge in [0.1, 0.15) is 0 Å². The van der Waals surface area contributed by atoms with Crippen molar-refractivity contribution in [2.75, 3.05) is 52.9 Å². The molecule has 6 rings (SSSR count). The van der Waals surface area contributed by atoms with Crippen LogP contribution < -0.4 is 89.1 Å². The van der Waals surface area contributed by atoms with Crippen LogP contribution in [0.5, 0.6) is 0 Å². The van der Waals surface area contributed by atoms with Gasteiger partial charge in [-0.05, 0) is 126 Å². The van der Waals surface area contributed by atoms with Gasteiger partial charge in [0.25, 0.3) is 0 Å². The minimum absolute atomic E-state index is 0. The summed E-state index contributed by atoms with van der Waals surface area (Å²) >= 11 is 0. The third-order valence-corrected chi connectivity index (χ3v) is 26.0. The van der Waals surface area contributed by atoms with Gasteiger partial charge in [-0.3, -0.25) is 0 Å². The van der Waals surface area contributed by atoms with Gasteiger partial charge in [0.15, 0.2) is 0 Å². The molecule has 72 heavy (non-hydrogen) atoms. The zero-order valence-corrected chi connectivity index (χ0v) is 55.0. The number of aromatic nitrogens is 2. The molecule has 10 nitrogen and oxygen atoms in total. The predicted octanol–water partition coefficient (Wildman–Crippen LogP) is 5.02. The molecule has 2 heterocycles. The average molecular weight is 1150 g/mol. The smallest absolute Gasteiger partial charge is 1.00 e. The van der Waals surface area contributed by atoms with Gasteiger partial charge in [-0.2, -0.15) is 0 Å². The summed E-state index contributed by atoms with van der Waals surface area (Å²) in [5.74, 6) is 0. The first-order valence-electron chi connectivity index (χ1n) is 24.5. The van der Waals surface area contributed by atoms with Gasteiger partial charge in [-0.1, -0.05) is 60.7 Å². The molecule has 0 saturated heterocycles. The van der Waals surface area contributed by atoms with Crippen molar-refractivity contribution in [3.05, 3.63) is 143 Å². The van der Waals surface area contributed by atoms with E-state index in [9.17, 15) is 0 Å². The molecular formula is C55H80BrKMgN2O8Si4. The molecule has 17 heteroatoms. The standard InChI is InChI=1S/C28H37NO2Si2.C24H37NO6Si2.C3H5.BrH.K.Mg.H/c1-7-17-32(18-8-2,30-11-5)23-13-15-27-25(21-23)26-22-24(14-16-28(26)29-27)33(19-9-3,20-10-4)31-12-6;1-7-26-32(27-8-2,28-9-3)19-13-15-23-21(17-19)22-18-20(14-16-24(22)25-23)33(29-10-4,30-11-5)31-12-6;1-3-2;;;;/h7-10,13-16,21-22,29H,1-4,11-12,17-20H2,5-6H3;13-18,25H,7-12H2,1-6H3;3H,1-2H2;1H;;;/q;;-1;;+1;+2;-1/p-1. The summed E-state index contributed by atoms with van der Waals surface area (Å²) < 4.78 is 49.8. The van der Waals surface area contributed by atoms with Crippen molar-refractivity contribution in [2.24, 2.45) is 0 Å². The SMILES string of the molecule is C=CC[Si](CC=C)(OCC)c1ccc2[nH]c3ccc([Si](CC=C)(CC=C)OCC)cc3c2c1.C=C[CH2-].CCO[Si](OCC)(OCC)c1ccc2[nH]c3ccc([Si](OCC)(OCC)OCC)cc3c2c1.[Br-].[H-].[K+].[Mg+2]. The first-order chi connectivity index (χ1) is 33.5. The minimum Gasteiger partial charge on any atom is -1.00 e. The minimum atomic E-state index is -3.02. The zero-order valence-electron chi connectivity index (χ0n) is 45.9. The van der Waals surface area contributed by atoms with Gasteiger partial charge in [0.05, 0.1) is 0 Å². The molecule has 4 aromatic carbocycles. The Hall–Kier alpha value is -1.52. The maximum atomic E-state index is 6.46. The maximum Gasteiger partial charge on any atom is 2.00 e. The summed E-state index contributed by atoms with van der Waals surface area (Å²) in [6.07, 6.45) is 9.48. The van der Waals surface area contributed by atoms with Crippen molar-refractivity contribution >= 4 is 122 Å². The van der Waals surface area contributed by atoms with Gasteiger partial charge in [-0.15, -0.1) is 26.3 Å².